The second kappa shape index (κ2) is 7.80. The van der Waals surface area contributed by atoms with Crippen molar-refractivity contribution in [2.24, 2.45) is 4.99 Å². The molecule has 22 heavy (non-hydrogen) atoms. The Balaban J connectivity index is 2.12. The molecule has 0 spiro atoms. The van der Waals surface area contributed by atoms with Crippen LogP contribution in [-0.2, 0) is 0 Å². The van der Waals surface area contributed by atoms with E-state index < -0.39 is 0 Å². The predicted octanol–water partition coefficient (Wildman–Crippen LogP) is 4.59. The van der Waals surface area contributed by atoms with Gasteiger partial charge in [0, 0.05) is 5.56 Å². The molecule has 1 atom stereocenters. The summed E-state index contributed by atoms with van der Waals surface area (Å²) < 4.78 is 0. The first kappa shape index (κ1) is 16.3. The van der Waals surface area contributed by atoms with Crippen LogP contribution in [0.25, 0.3) is 0 Å². The van der Waals surface area contributed by atoms with Crippen molar-refractivity contribution in [1.82, 2.24) is 5.32 Å². The molecule has 2 aromatic carbocycles. The first-order valence-corrected chi connectivity index (χ1v) is 8.38. The number of benzene rings is 2. The largest absolute Gasteiger partial charge is 0.358 e. The first-order valence-electron chi connectivity index (χ1n) is 7.15. The number of amidine groups is 1. The van der Waals surface area contributed by atoms with Crippen LogP contribution in [0.5, 0.6) is 0 Å². The van der Waals surface area contributed by atoms with Gasteiger partial charge in [-0.1, -0.05) is 42.1 Å². The van der Waals surface area contributed by atoms with Gasteiger partial charge < -0.3 is 5.32 Å². The van der Waals surface area contributed by atoms with Gasteiger partial charge in [-0.25, -0.2) is 4.99 Å². The number of hydrogen-bond donors (Lipinski definition) is 1. The van der Waals surface area contributed by atoms with Crippen molar-refractivity contribution in [3.05, 3.63) is 65.7 Å². The summed E-state index contributed by atoms with van der Waals surface area (Å²) in [6, 6.07) is 17.8. The lowest BCUT2D eigenvalue weighted by Crippen LogP contribution is -2.23. The Morgan fingerprint density at radius 2 is 1.73 bits per heavy atom. The van der Waals surface area contributed by atoms with Crippen LogP contribution >= 0.6 is 11.8 Å². The molecule has 0 aliphatic rings. The van der Waals surface area contributed by atoms with Crippen molar-refractivity contribution in [3.63, 3.8) is 0 Å². The average molecular weight is 312 g/mol. The molecular formula is C18H20N2OS. The van der Waals surface area contributed by atoms with Crippen molar-refractivity contribution < 1.29 is 4.79 Å². The fraction of sp³-hybridized carbons (Fsp3) is 0.222. The molecule has 2 rings (SSSR count). The number of nitrogens with one attached hydrogen (secondary N) is 1. The van der Waals surface area contributed by atoms with E-state index in [1.54, 1.807) is 30.8 Å². The number of carbonyl (C=O) groups excluding carboxylic acids is 1. The number of ketones is 1. The Labute approximate surface area is 135 Å². The second-order valence-corrected chi connectivity index (χ2v) is 5.80. The van der Waals surface area contributed by atoms with E-state index in [4.69, 9.17) is 0 Å². The molecule has 0 aromatic heterocycles. The molecule has 0 fully saturated rings. The quantitative estimate of drug-likeness (QED) is 0.510. The van der Waals surface area contributed by atoms with Gasteiger partial charge >= 0.3 is 0 Å². The lowest BCUT2D eigenvalue weighted by Gasteiger charge is -2.16. The third kappa shape index (κ3) is 4.46. The number of carbonyl (C=O) groups is 1. The van der Waals surface area contributed by atoms with Gasteiger partial charge in [0.25, 0.3) is 0 Å². The van der Waals surface area contributed by atoms with Crippen LogP contribution in [0, 0.1) is 0 Å². The topological polar surface area (TPSA) is 41.5 Å². The second-order valence-electron chi connectivity index (χ2n) is 5.00. The zero-order chi connectivity index (χ0) is 15.9. The van der Waals surface area contributed by atoms with Gasteiger partial charge in [-0.2, -0.15) is 0 Å². The van der Waals surface area contributed by atoms with Gasteiger partial charge in [0.15, 0.2) is 11.0 Å². The number of Topliss-reactive ketones (excluding diaryl/α,β-unsaturated/α-hetero) is 1. The molecule has 0 aliphatic carbocycles. The molecule has 1 N–H and O–H groups in total. The molecule has 0 amide bonds. The number of rotatable bonds is 4. The van der Waals surface area contributed by atoms with Gasteiger partial charge in [0.05, 0.1) is 11.7 Å². The maximum Gasteiger partial charge on any atom is 0.161 e. The molecule has 0 unspecified atom stereocenters. The number of aliphatic imine (C=N–C) groups is 1. The Morgan fingerprint density at radius 3 is 2.27 bits per heavy atom. The summed E-state index contributed by atoms with van der Waals surface area (Å²) >= 11 is 1.57. The van der Waals surface area contributed by atoms with Crippen LogP contribution in [0.2, 0.25) is 0 Å². The van der Waals surface area contributed by atoms with E-state index >= 15 is 0 Å². The van der Waals surface area contributed by atoms with E-state index in [-0.39, 0.29) is 11.8 Å². The highest BCUT2D eigenvalue weighted by Gasteiger charge is 2.07. The summed E-state index contributed by atoms with van der Waals surface area (Å²) in [6.45, 7) is 3.68. The minimum absolute atomic E-state index is 0.0662. The third-order valence-electron chi connectivity index (χ3n) is 3.34. The van der Waals surface area contributed by atoms with E-state index in [0.717, 1.165) is 10.9 Å². The monoisotopic (exact) mass is 312 g/mol. The minimum atomic E-state index is 0.0662. The lowest BCUT2D eigenvalue weighted by molar-refractivity contribution is 0.101. The summed E-state index contributed by atoms with van der Waals surface area (Å²) in [7, 11) is 0. The fourth-order valence-electron chi connectivity index (χ4n) is 2.04. The highest BCUT2D eigenvalue weighted by molar-refractivity contribution is 8.13. The van der Waals surface area contributed by atoms with Gasteiger partial charge in [-0.05, 0) is 49.9 Å². The molecule has 0 bridgehead atoms. The highest BCUT2D eigenvalue weighted by Crippen LogP contribution is 2.18. The third-order valence-corrected chi connectivity index (χ3v) is 3.93. The van der Waals surface area contributed by atoms with Crippen LogP contribution < -0.4 is 5.32 Å². The van der Waals surface area contributed by atoms with Gasteiger partial charge in [0.2, 0.25) is 0 Å². The summed E-state index contributed by atoms with van der Waals surface area (Å²) in [6.07, 6.45) is 1.99. The van der Waals surface area contributed by atoms with Crippen molar-refractivity contribution in [2.45, 2.75) is 19.9 Å². The molecular weight excluding hydrogens is 292 g/mol. The first-order chi connectivity index (χ1) is 10.6. The molecule has 3 nitrogen and oxygen atoms in total. The van der Waals surface area contributed by atoms with E-state index in [0.29, 0.717) is 5.56 Å². The molecule has 0 heterocycles. The smallest absolute Gasteiger partial charge is 0.161 e. The van der Waals surface area contributed by atoms with Crippen LogP contribution in [-0.4, -0.2) is 17.2 Å². The number of hydrogen-bond acceptors (Lipinski definition) is 3. The molecule has 0 aliphatic heterocycles. The summed E-state index contributed by atoms with van der Waals surface area (Å²) in [5.74, 6) is 0.0662. The number of thioether (sulfide) groups is 1. The minimum Gasteiger partial charge on any atom is -0.358 e. The van der Waals surface area contributed by atoms with Crippen LogP contribution in [0.4, 0.5) is 5.69 Å². The van der Waals surface area contributed by atoms with Crippen molar-refractivity contribution >= 4 is 28.4 Å². The van der Waals surface area contributed by atoms with E-state index in [1.807, 2.05) is 36.6 Å². The Kier molecular flexibility index (Phi) is 5.78. The average Bonchev–Trinajstić information content (AvgIpc) is 2.55. The maximum atomic E-state index is 11.3. The molecule has 0 radical (unpaired) electrons. The van der Waals surface area contributed by atoms with Crippen LogP contribution in [0.3, 0.4) is 0 Å². The van der Waals surface area contributed by atoms with Crippen LogP contribution in [0.15, 0.2) is 59.6 Å². The molecule has 114 valence electrons. The summed E-state index contributed by atoms with van der Waals surface area (Å²) in [5.41, 5.74) is 2.76. The maximum absolute atomic E-state index is 11.3. The molecule has 4 heteroatoms. The summed E-state index contributed by atoms with van der Waals surface area (Å²) in [5, 5.41) is 4.27. The van der Waals surface area contributed by atoms with E-state index in [1.165, 1.54) is 5.56 Å². The predicted molar refractivity (Wildman–Crippen MR) is 95.0 cm³/mol. The highest BCUT2D eigenvalue weighted by atomic mass is 32.2. The fourth-order valence-corrected chi connectivity index (χ4v) is 2.53. The van der Waals surface area contributed by atoms with E-state index in [9.17, 15) is 4.79 Å². The SMILES string of the molecule is CSC(=Nc1ccc(C(C)=O)cc1)N[C@@H](C)c1ccccc1. The van der Waals surface area contributed by atoms with Gasteiger partial charge in [-0.15, -0.1) is 0 Å². The Morgan fingerprint density at radius 1 is 1.09 bits per heavy atom. The molecule has 0 saturated carbocycles. The normalized spacial score (nSPS) is 12.8. The van der Waals surface area contributed by atoms with Crippen molar-refractivity contribution in [1.29, 1.82) is 0 Å². The number of nitrogens with zero attached hydrogens (tertiary/aromatic N) is 1. The Hall–Kier alpha value is -2.07. The van der Waals surface area contributed by atoms with Crippen LogP contribution in [0.1, 0.15) is 35.8 Å². The van der Waals surface area contributed by atoms with Gasteiger partial charge in [-0.3, -0.25) is 4.79 Å². The molecule has 2 aromatic rings. The summed E-state index contributed by atoms with van der Waals surface area (Å²) in [4.78, 5) is 15.9. The van der Waals surface area contributed by atoms with Crippen molar-refractivity contribution in [2.75, 3.05) is 6.26 Å². The Bertz CT molecular complexity index is 651. The molecule has 0 saturated heterocycles. The standard InChI is InChI=1S/C18H20N2OS/c1-13(15-7-5-4-6-8-15)19-18(22-3)20-17-11-9-16(10-12-17)14(2)21/h4-13H,1-3H3,(H,19,20)/t13-/m0/s1. The van der Waals surface area contributed by atoms with Crippen molar-refractivity contribution in [3.8, 4) is 0 Å². The van der Waals surface area contributed by atoms with Gasteiger partial charge in [0.1, 0.15) is 0 Å². The van der Waals surface area contributed by atoms with E-state index in [2.05, 4.69) is 29.4 Å². The lowest BCUT2D eigenvalue weighted by atomic mass is 10.1. The zero-order valence-corrected chi connectivity index (χ0v) is 13.9. The zero-order valence-electron chi connectivity index (χ0n) is 13.0.